The summed E-state index contributed by atoms with van der Waals surface area (Å²) in [7, 11) is 0. The molecule has 5 aliphatic carbocycles. The predicted molar refractivity (Wildman–Crippen MR) is 128 cm³/mol. The molecule has 2 aromatic carbocycles. The van der Waals surface area contributed by atoms with E-state index >= 15 is 0 Å². The molecule has 4 saturated carbocycles. The molecule has 7 rings (SSSR count). The van der Waals surface area contributed by atoms with Crippen molar-refractivity contribution in [3.05, 3.63) is 64.7 Å². The molecular formula is C27H24BrNO5. The fourth-order valence-electron chi connectivity index (χ4n) is 7.05. The average Bonchev–Trinajstić information content (AvgIpc) is 2.79. The molecule has 4 fully saturated rings. The van der Waals surface area contributed by atoms with E-state index in [4.69, 9.17) is 4.74 Å². The average molecular weight is 522 g/mol. The van der Waals surface area contributed by atoms with Crippen LogP contribution in [0.2, 0.25) is 0 Å². The molecule has 6 nitrogen and oxygen atoms in total. The molecule has 0 aliphatic heterocycles. The maximum absolute atomic E-state index is 13.1. The summed E-state index contributed by atoms with van der Waals surface area (Å²) in [5.74, 6) is -0.119. The third-order valence-corrected chi connectivity index (χ3v) is 8.89. The second kappa shape index (κ2) is 7.60. The van der Waals surface area contributed by atoms with Gasteiger partial charge in [0.05, 0.1) is 5.41 Å². The van der Waals surface area contributed by atoms with E-state index in [2.05, 4.69) is 21.2 Å². The number of hydrogen-bond donors (Lipinski definition) is 1. The number of ether oxygens (including phenoxy) is 1. The van der Waals surface area contributed by atoms with E-state index in [-0.39, 0.29) is 34.0 Å². The molecule has 174 valence electrons. The molecule has 5 aliphatic rings. The molecule has 2 aromatic rings. The lowest BCUT2D eigenvalue weighted by atomic mass is 9.49. The van der Waals surface area contributed by atoms with Crippen LogP contribution in [0.5, 0.6) is 0 Å². The van der Waals surface area contributed by atoms with Crippen molar-refractivity contribution in [2.45, 2.75) is 42.8 Å². The first kappa shape index (κ1) is 21.7. The van der Waals surface area contributed by atoms with Crippen molar-refractivity contribution in [3.63, 3.8) is 0 Å². The number of amides is 1. The first-order valence-corrected chi connectivity index (χ1v) is 12.5. The highest BCUT2D eigenvalue weighted by molar-refractivity contribution is 9.10. The summed E-state index contributed by atoms with van der Waals surface area (Å²) in [6.07, 6.45) is 5.88. The Balaban J connectivity index is 1.13. The fourth-order valence-corrected chi connectivity index (χ4v) is 8.50. The number of fused-ring (bicyclic) bond motifs is 2. The highest BCUT2D eigenvalue weighted by Gasteiger charge is 2.60. The third kappa shape index (κ3) is 3.44. The summed E-state index contributed by atoms with van der Waals surface area (Å²) >= 11 is 3.90. The predicted octanol–water partition coefficient (Wildman–Crippen LogP) is 4.68. The van der Waals surface area contributed by atoms with E-state index in [1.807, 2.05) is 0 Å². The van der Waals surface area contributed by atoms with Crippen LogP contribution in [0.25, 0.3) is 0 Å². The molecular weight excluding hydrogens is 498 g/mol. The first-order valence-electron chi connectivity index (χ1n) is 11.7. The van der Waals surface area contributed by atoms with Crippen LogP contribution < -0.4 is 5.32 Å². The first-order chi connectivity index (χ1) is 16.3. The maximum Gasteiger partial charge on any atom is 0.312 e. The summed E-state index contributed by atoms with van der Waals surface area (Å²) in [4.78, 5) is 51.3. The van der Waals surface area contributed by atoms with Crippen LogP contribution in [0, 0.1) is 17.3 Å². The van der Waals surface area contributed by atoms with Crippen LogP contribution in [-0.4, -0.2) is 34.4 Å². The Kier molecular flexibility index (Phi) is 4.86. The molecule has 0 spiro atoms. The van der Waals surface area contributed by atoms with Gasteiger partial charge in [-0.2, -0.15) is 0 Å². The molecule has 34 heavy (non-hydrogen) atoms. The SMILES string of the molecule is O=C(COC(=O)C12C[C@@H]3C[C@@H](CC(Br)(C3)C1)C2)Nc1ccc2c(c1)C(=O)c1ccccc1C2=O. The lowest BCUT2D eigenvalue weighted by Crippen LogP contribution is -2.56. The van der Waals surface area contributed by atoms with Crippen molar-refractivity contribution >= 4 is 45.1 Å². The van der Waals surface area contributed by atoms with Gasteiger partial charge >= 0.3 is 5.97 Å². The van der Waals surface area contributed by atoms with Crippen LogP contribution in [0.15, 0.2) is 42.5 Å². The van der Waals surface area contributed by atoms with Crippen molar-refractivity contribution in [2.24, 2.45) is 17.3 Å². The highest BCUT2D eigenvalue weighted by atomic mass is 79.9. The number of esters is 1. The normalized spacial score (nSPS) is 30.5. The number of alkyl halides is 1. The Bertz CT molecular complexity index is 1250. The minimum atomic E-state index is -0.486. The van der Waals surface area contributed by atoms with E-state index in [0.29, 0.717) is 34.2 Å². The second-order valence-corrected chi connectivity index (χ2v) is 12.2. The van der Waals surface area contributed by atoms with Crippen molar-refractivity contribution in [2.75, 3.05) is 11.9 Å². The van der Waals surface area contributed by atoms with E-state index in [1.54, 1.807) is 36.4 Å². The quantitative estimate of drug-likeness (QED) is 0.397. The molecule has 0 heterocycles. The van der Waals surface area contributed by atoms with Gasteiger partial charge in [-0.15, -0.1) is 0 Å². The van der Waals surface area contributed by atoms with Gasteiger partial charge in [0.15, 0.2) is 18.2 Å². The number of rotatable bonds is 4. The van der Waals surface area contributed by atoms with Crippen molar-refractivity contribution in [3.8, 4) is 0 Å². The van der Waals surface area contributed by atoms with Crippen LogP contribution >= 0.6 is 15.9 Å². The van der Waals surface area contributed by atoms with Gasteiger partial charge in [0, 0.05) is 32.3 Å². The number of benzene rings is 2. The van der Waals surface area contributed by atoms with Crippen LogP contribution in [0.4, 0.5) is 5.69 Å². The highest BCUT2D eigenvalue weighted by Crippen LogP contribution is 2.64. The lowest BCUT2D eigenvalue weighted by Gasteiger charge is -2.58. The molecule has 0 saturated heterocycles. The standard InChI is InChI=1S/C27H24BrNO5/c28-27-11-15-7-16(12-27)10-26(9-15,14-27)25(33)34-13-22(30)29-17-5-6-20-21(8-17)24(32)19-4-2-1-3-18(19)23(20)31/h1-6,8,15-16H,7,9-14H2,(H,29,30)/t15-,16+,26?,27?. The lowest BCUT2D eigenvalue weighted by molar-refractivity contribution is -0.170. The van der Waals surface area contributed by atoms with Gasteiger partial charge in [-0.05, 0) is 68.6 Å². The van der Waals surface area contributed by atoms with Crippen LogP contribution in [-0.2, 0) is 14.3 Å². The Morgan fingerprint density at radius 3 is 2.18 bits per heavy atom. The van der Waals surface area contributed by atoms with E-state index in [0.717, 1.165) is 32.1 Å². The molecule has 4 atom stereocenters. The van der Waals surface area contributed by atoms with Crippen molar-refractivity contribution in [1.82, 2.24) is 0 Å². The summed E-state index contributed by atoms with van der Waals surface area (Å²) < 4.78 is 5.54. The zero-order valence-corrected chi connectivity index (χ0v) is 20.2. The Morgan fingerprint density at radius 1 is 0.912 bits per heavy atom. The number of hydrogen-bond acceptors (Lipinski definition) is 5. The minimum Gasteiger partial charge on any atom is -0.455 e. The topological polar surface area (TPSA) is 89.5 Å². The number of ketones is 2. The molecule has 7 heteroatoms. The molecule has 0 aromatic heterocycles. The van der Waals surface area contributed by atoms with Crippen molar-refractivity contribution < 1.29 is 23.9 Å². The Hall–Kier alpha value is -2.80. The van der Waals surface area contributed by atoms with Gasteiger partial charge in [0.1, 0.15) is 0 Å². The van der Waals surface area contributed by atoms with Crippen LogP contribution in [0.3, 0.4) is 0 Å². The van der Waals surface area contributed by atoms with Gasteiger partial charge in [-0.25, -0.2) is 0 Å². The Morgan fingerprint density at radius 2 is 1.53 bits per heavy atom. The molecule has 4 bridgehead atoms. The van der Waals surface area contributed by atoms with Crippen LogP contribution in [0.1, 0.15) is 70.4 Å². The van der Waals surface area contributed by atoms with Gasteiger partial charge < -0.3 is 10.1 Å². The summed E-state index contributed by atoms with van der Waals surface area (Å²) in [5, 5.41) is 2.70. The summed E-state index contributed by atoms with van der Waals surface area (Å²) in [6, 6.07) is 11.4. The van der Waals surface area contributed by atoms with E-state index in [1.165, 1.54) is 12.5 Å². The monoisotopic (exact) mass is 521 g/mol. The third-order valence-electron chi connectivity index (χ3n) is 7.97. The smallest absolute Gasteiger partial charge is 0.312 e. The van der Waals surface area contributed by atoms with Crippen molar-refractivity contribution in [1.29, 1.82) is 0 Å². The number of carbonyl (C=O) groups is 4. The Labute approximate surface area is 205 Å². The number of halogens is 1. The second-order valence-electron chi connectivity index (χ2n) is 10.5. The molecule has 2 unspecified atom stereocenters. The number of carbonyl (C=O) groups excluding carboxylic acids is 4. The largest absolute Gasteiger partial charge is 0.455 e. The molecule has 1 N–H and O–H groups in total. The zero-order chi connectivity index (χ0) is 23.7. The fraction of sp³-hybridized carbons (Fsp3) is 0.407. The summed E-state index contributed by atoms with van der Waals surface area (Å²) in [6.45, 7) is -0.377. The van der Waals surface area contributed by atoms with Gasteiger partial charge in [-0.3, -0.25) is 19.2 Å². The van der Waals surface area contributed by atoms with Gasteiger partial charge in [0.2, 0.25) is 0 Å². The van der Waals surface area contributed by atoms with Gasteiger partial charge in [0.25, 0.3) is 5.91 Å². The molecule has 0 radical (unpaired) electrons. The van der Waals surface area contributed by atoms with Gasteiger partial charge in [-0.1, -0.05) is 40.2 Å². The maximum atomic E-state index is 13.1. The zero-order valence-electron chi connectivity index (χ0n) is 18.6. The van der Waals surface area contributed by atoms with E-state index < -0.39 is 11.3 Å². The molecule has 1 amide bonds. The minimum absolute atomic E-state index is 0.0318. The number of nitrogens with one attached hydrogen (secondary N) is 1. The number of anilines is 1. The van der Waals surface area contributed by atoms with E-state index in [9.17, 15) is 19.2 Å². The summed E-state index contributed by atoms with van der Waals surface area (Å²) in [5.41, 5.74) is 1.22.